The van der Waals surface area contributed by atoms with E-state index in [1.165, 1.54) is 0 Å². The van der Waals surface area contributed by atoms with Gasteiger partial charge in [0, 0.05) is 17.1 Å². The third kappa shape index (κ3) is 5.55. The highest BCUT2D eigenvalue weighted by Gasteiger charge is 2.15. The maximum atomic E-state index is 12.4. The van der Waals surface area contributed by atoms with Crippen LogP contribution in [-0.2, 0) is 9.53 Å². The molecule has 0 unspecified atom stereocenters. The molecular formula is C20H26N2O3. The fourth-order valence-electron chi connectivity index (χ4n) is 2.66. The smallest absolute Gasteiger partial charge is 0.339 e. The molecule has 1 amide bonds. The molecular weight excluding hydrogens is 316 g/mol. The Morgan fingerprint density at radius 3 is 2.60 bits per heavy atom. The predicted molar refractivity (Wildman–Crippen MR) is 98.4 cm³/mol. The minimum atomic E-state index is -0.508. The molecule has 1 aromatic carbocycles. The van der Waals surface area contributed by atoms with Crippen molar-refractivity contribution in [2.24, 2.45) is 5.92 Å². The monoisotopic (exact) mass is 342 g/mol. The molecule has 2 aromatic rings. The first-order valence-corrected chi connectivity index (χ1v) is 8.69. The summed E-state index contributed by atoms with van der Waals surface area (Å²) in [6.07, 6.45) is 1.95. The van der Waals surface area contributed by atoms with Crippen LogP contribution < -0.4 is 5.32 Å². The zero-order valence-corrected chi connectivity index (χ0v) is 15.3. The quantitative estimate of drug-likeness (QED) is 0.780. The summed E-state index contributed by atoms with van der Waals surface area (Å²) in [7, 11) is 0. The van der Waals surface area contributed by atoms with E-state index in [-0.39, 0.29) is 18.6 Å². The first kappa shape index (κ1) is 18.9. The van der Waals surface area contributed by atoms with Crippen LogP contribution in [0.2, 0.25) is 0 Å². The summed E-state index contributed by atoms with van der Waals surface area (Å²) >= 11 is 0. The molecule has 0 fully saturated rings. The van der Waals surface area contributed by atoms with Crippen LogP contribution in [0, 0.1) is 12.8 Å². The molecule has 1 heterocycles. The Labute approximate surface area is 148 Å². The number of pyridine rings is 1. The highest BCUT2D eigenvalue weighted by Crippen LogP contribution is 2.19. The van der Waals surface area contributed by atoms with Gasteiger partial charge in [0.15, 0.2) is 6.61 Å². The fourth-order valence-corrected chi connectivity index (χ4v) is 2.66. The molecule has 5 nitrogen and oxygen atoms in total. The van der Waals surface area contributed by atoms with E-state index in [0.29, 0.717) is 11.5 Å². The van der Waals surface area contributed by atoms with E-state index in [0.717, 1.165) is 29.4 Å². The summed E-state index contributed by atoms with van der Waals surface area (Å²) in [5.74, 6) is -0.188. The second-order valence-corrected chi connectivity index (χ2v) is 6.84. The molecule has 0 aliphatic heterocycles. The highest BCUT2D eigenvalue weighted by atomic mass is 16.5. The largest absolute Gasteiger partial charge is 0.452 e. The Bertz CT molecular complexity index is 756. The van der Waals surface area contributed by atoms with Gasteiger partial charge in [-0.3, -0.25) is 9.78 Å². The summed E-state index contributed by atoms with van der Waals surface area (Å²) in [4.78, 5) is 28.8. The standard InChI is InChI=1S/C20H26N2O3/c1-13(2)9-10-14(3)22-19(23)12-25-20(24)17-11-15(4)21-18-8-6-5-7-16(17)18/h5-8,11,13-14H,9-10,12H2,1-4H3,(H,22,23)/t14-/m0/s1. The maximum Gasteiger partial charge on any atom is 0.339 e. The van der Waals surface area contributed by atoms with Gasteiger partial charge in [-0.25, -0.2) is 4.79 Å². The lowest BCUT2D eigenvalue weighted by atomic mass is 10.0. The Morgan fingerprint density at radius 2 is 1.88 bits per heavy atom. The average Bonchev–Trinajstić information content (AvgIpc) is 2.57. The molecule has 5 heteroatoms. The van der Waals surface area contributed by atoms with Crippen LogP contribution in [0.4, 0.5) is 0 Å². The van der Waals surface area contributed by atoms with E-state index in [1.807, 2.05) is 38.1 Å². The van der Waals surface area contributed by atoms with Crippen LogP contribution in [0.15, 0.2) is 30.3 Å². The van der Waals surface area contributed by atoms with Crippen LogP contribution in [-0.4, -0.2) is 29.5 Å². The first-order valence-electron chi connectivity index (χ1n) is 8.69. The molecule has 0 bridgehead atoms. The zero-order chi connectivity index (χ0) is 18.4. The normalized spacial score (nSPS) is 12.2. The van der Waals surface area contributed by atoms with Crippen molar-refractivity contribution in [3.8, 4) is 0 Å². The van der Waals surface area contributed by atoms with Crippen molar-refractivity contribution in [1.29, 1.82) is 0 Å². The van der Waals surface area contributed by atoms with Crippen molar-refractivity contribution in [3.05, 3.63) is 41.6 Å². The van der Waals surface area contributed by atoms with Gasteiger partial charge in [0.25, 0.3) is 5.91 Å². The number of nitrogens with zero attached hydrogens (tertiary/aromatic N) is 1. The van der Waals surface area contributed by atoms with Crippen LogP contribution in [0.25, 0.3) is 10.9 Å². The van der Waals surface area contributed by atoms with Gasteiger partial charge in [0.2, 0.25) is 0 Å². The highest BCUT2D eigenvalue weighted by molar-refractivity contribution is 6.04. The predicted octanol–water partition coefficient (Wildman–Crippen LogP) is 3.64. The van der Waals surface area contributed by atoms with Crippen molar-refractivity contribution in [2.75, 3.05) is 6.61 Å². The number of benzene rings is 1. The molecule has 0 aliphatic carbocycles. The Balaban J connectivity index is 1.95. The van der Waals surface area contributed by atoms with Gasteiger partial charge in [0.1, 0.15) is 0 Å². The summed E-state index contributed by atoms with van der Waals surface area (Å²) in [5, 5.41) is 3.59. The van der Waals surface area contributed by atoms with Gasteiger partial charge < -0.3 is 10.1 Å². The Morgan fingerprint density at radius 1 is 1.16 bits per heavy atom. The van der Waals surface area contributed by atoms with Crippen LogP contribution in [0.1, 0.15) is 49.7 Å². The number of nitrogens with one attached hydrogen (secondary N) is 1. The van der Waals surface area contributed by atoms with Crippen molar-refractivity contribution < 1.29 is 14.3 Å². The lowest BCUT2D eigenvalue weighted by Gasteiger charge is -2.15. The summed E-state index contributed by atoms with van der Waals surface area (Å²) in [6, 6.07) is 9.15. The summed E-state index contributed by atoms with van der Waals surface area (Å²) < 4.78 is 5.20. The zero-order valence-electron chi connectivity index (χ0n) is 15.3. The Kier molecular flexibility index (Phi) is 6.51. The number of ether oxygens (including phenoxy) is 1. The van der Waals surface area contributed by atoms with Crippen LogP contribution in [0.5, 0.6) is 0 Å². The lowest BCUT2D eigenvalue weighted by molar-refractivity contribution is -0.124. The number of carbonyl (C=O) groups is 2. The second-order valence-electron chi connectivity index (χ2n) is 6.84. The number of para-hydroxylation sites is 1. The van der Waals surface area contributed by atoms with Gasteiger partial charge in [-0.2, -0.15) is 0 Å². The number of rotatable bonds is 7. The van der Waals surface area contributed by atoms with E-state index < -0.39 is 5.97 Å². The SMILES string of the molecule is Cc1cc(C(=O)OCC(=O)N[C@@H](C)CCC(C)C)c2ccccc2n1. The molecule has 1 N–H and O–H groups in total. The molecule has 0 radical (unpaired) electrons. The van der Waals surface area contributed by atoms with Crippen molar-refractivity contribution in [2.45, 2.75) is 46.6 Å². The minimum absolute atomic E-state index is 0.0672. The summed E-state index contributed by atoms with van der Waals surface area (Å²) in [5.41, 5.74) is 1.90. The molecule has 2 rings (SSSR count). The molecule has 134 valence electrons. The van der Waals surface area contributed by atoms with Gasteiger partial charge in [-0.15, -0.1) is 0 Å². The molecule has 0 aliphatic rings. The number of carbonyl (C=O) groups excluding carboxylic acids is 2. The van der Waals surface area contributed by atoms with Crippen LogP contribution >= 0.6 is 0 Å². The molecule has 0 spiro atoms. The Hall–Kier alpha value is -2.43. The van der Waals surface area contributed by atoms with E-state index >= 15 is 0 Å². The van der Waals surface area contributed by atoms with E-state index in [4.69, 9.17) is 4.74 Å². The topological polar surface area (TPSA) is 68.3 Å². The molecule has 25 heavy (non-hydrogen) atoms. The number of hydrogen-bond donors (Lipinski definition) is 1. The summed E-state index contributed by atoms with van der Waals surface area (Å²) in [6.45, 7) is 7.81. The maximum absolute atomic E-state index is 12.4. The van der Waals surface area contributed by atoms with Gasteiger partial charge in [-0.05, 0) is 44.7 Å². The number of aromatic nitrogens is 1. The van der Waals surface area contributed by atoms with Crippen LogP contribution in [0.3, 0.4) is 0 Å². The third-order valence-corrected chi connectivity index (χ3v) is 3.98. The van der Waals surface area contributed by atoms with Crippen molar-refractivity contribution in [3.63, 3.8) is 0 Å². The third-order valence-electron chi connectivity index (χ3n) is 3.98. The van der Waals surface area contributed by atoms with Gasteiger partial charge in [-0.1, -0.05) is 32.0 Å². The van der Waals surface area contributed by atoms with Gasteiger partial charge >= 0.3 is 5.97 Å². The molecule has 0 saturated heterocycles. The fraction of sp³-hybridized carbons (Fsp3) is 0.450. The van der Waals surface area contributed by atoms with E-state index in [1.54, 1.807) is 6.07 Å². The van der Waals surface area contributed by atoms with E-state index in [2.05, 4.69) is 24.1 Å². The first-order chi connectivity index (χ1) is 11.9. The number of amides is 1. The van der Waals surface area contributed by atoms with Gasteiger partial charge in [0.05, 0.1) is 11.1 Å². The number of hydrogen-bond acceptors (Lipinski definition) is 4. The average molecular weight is 342 g/mol. The minimum Gasteiger partial charge on any atom is -0.452 e. The molecule has 1 atom stereocenters. The second kappa shape index (κ2) is 8.60. The van der Waals surface area contributed by atoms with Crippen molar-refractivity contribution in [1.82, 2.24) is 10.3 Å². The van der Waals surface area contributed by atoms with E-state index in [9.17, 15) is 9.59 Å². The van der Waals surface area contributed by atoms with Crippen molar-refractivity contribution >= 4 is 22.8 Å². The lowest BCUT2D eigenvalue weighted by Crippen LogP contribution is -2.36. The number of esters is 1. The molecule has 0 saturated carbocycles. The number of aryl methyl sites for hydroxylation is 1. The molecule has 1 aromatic heterocycles. The number of fused-ring (bicyclic) bond motifs is 1.